The van der Waals surface area contributed by atoms with Crippen molar-refractivity contribution in [3.63, 3.8) is 0 Å². The maximum Gasteiger partial charge on any atom is 0.331 e. The van der Waals surface area contributed by atoms with Crippen molar-refractivity contribution in [2.45, 2.75) is 160 Å². The average Bonchev–Trinajstić information content (AvgIpc) is 3.29. The molecule has 5 rings (SSSR count). The molecule has 0 spiro atoms. The molecule has 6 amide bonds. The fourth-order valence-electron chi connectivity index (χ4n) is 9.20. The van der Waals surface area contributed by atoms with Gasteiger partial charge in [0, 0.05) is 33.0 Å². The lowest BCUT2D eigenvalue weighted by atomic mass is 9.79. The number of hydrazine groups is 2. The van der Waals surface area contributed by atoms with Gasteiger partial charge in [-0.15, -0.1) is 0 Å². The quantitative estimate of drug-likeness (QED) is 0.115. The van der Waals surface area contributed by atoms with Gasteiger partial charge in [-0.2, -0.15) is 0 Å². The first-order valence-corrected chi connectivity index (χ1v) is 23.0. The van der Waals surface area contributed by atoms with E-state index < -0.39 is 114 Å². The van der Waals surface area contributed by atoms with Crippen molar-refractivity contribution >= 4 is 41.4 Å². The van der Waals surface area contributed by atoms with Crippen LogP contribution in [0.15, 0.2) is 30.3 Å². The third-order valence-corrected chi connectivity index (χ3v) is 13.3. The Kier molecular flexibility index (Phi) is 17.3. The lowest BCUT2D eigenvalue weighted by Gasteiger charge is -2.47. The van der Waals surface area contributed by atoms with E-state index in [1.54, 1.807) is 51.1 Å². The number of hydrogen-bond acceptors (Lipinski definition) is 15. The van der Waals surface area contributed by atoms with Gasteiger partial charge in [-0.3, -0.25) is 44.0 Å². The van der Waals surface area contributed by atoms with Crippen molar-refractivity contribution in [1.29, 1.82) is 0 Å². The highest BCUT2D eigenvalue weighted by molar-refractivity contribution is 5.97. The number of aliphatic hydroxyl groups excluding tert-OH is 1. The molecule has 0 aromatic heterocycles. The van der Waals surface area contributed by atoms with Crippen molar-refractivity contribution in [3.05, 3.63) is 35.9 Å². The van der Waals surface area contributed by atoms with Crippen LogP contribution >= 0.6 is 0 Å². The van der Waals surface area contributed by atoms with Crippen LogP contribution in [0.3, 0.4) is 0 Å². The van der Waals surface area contributed by atoms with E-state index in [-0.39, 0.29) is 49.8 Å². The number of ether oxygens (including phenoxy) is 2. The summed E-state index contributed by atoms with van der Waals surface area (Å²) < 4.78 is 11.9. The molecule has 4 heterocycles. The lowest BCUT2D eigenvalue weighted by molar-refractivity contribution is -0.326. The monoisotopic (exact) mass is 931 g/mol. The number of nitrogens with one attached hydrogen (secondary N) is 4. The number of benzene rings is 1. The summed E-state index contributed by atoms with van der Waals surface area (Å²) in [5, 5.41) is 52.8. The van der Waals surface area contributed by atoms with E-state index in [0.29, 0.717) is 30.7 Å². The number of cyclic esters (lactones) is 1. The minimum atomic E-state index is -2.72. The van der Waals surface area contributed by atoms with Crippen LogP contribution in [-0.4, -0.2) is 169 Å². The zero-order chi connectivity index (χ0) is 48.8. The average molecular weight is 931 g/mol. The van der Waals surface area contributed by atoms with Crippen LogP contribution in [0, 0.1) is 17.8 Å². The first-order valence-electron chi connectivity index (χ1n) is 23.0. The van der Waals surface area contributed by atoms with Crippen molar-refractivity contribution in [3.8, 4) is 0 Å². The van der Waals surface area contributed by atoms with Crippen LogP contribution in [0.2, 0.25) is 0 Å². The van der Waals surface area contributed by atoms with Crippen LogP contribution in [0.1, 0.15) is 99.0 Å². The molecule has 11 atom stereocenters. The highest BCUT2D eigenvalue weighted by Crippen LogP contribution is 2.40. The zero-order valence-corrected chi connectivity index (χ0v) is 39.3. The van der Waals surface area contributed by atoms with E-state index in [1.807, 2.05) is 13.8 Å². The van der Waals surface area contributed by atoms with E-state index in [9.17, 15) is 49.3 Å². The Morgan fingerprint density at radius 1 is 0.909 bits per heavy atom. The molecule has 1 aromatic rings. The molecule has 0 radical (unpaired) electrons. The van der Waals surface area contributed by atoms with Gasteiger partial charge >= 0.3 is 5.97 Å². The van der Waals surface area contributed by atoms with Crippen LogP contribution in [0.5, 0.6) is 0 Å². The molecule has 21 nitrogen and oxygen atoms in total. The summed E-state index contributed by atoms with van der Waals surface area (Å²) in [6, 6.07) is -0.640. The number of esters is 1. The first kappa shape index (κ1) is 52.2. The molecule has 4 aliphatic rings. The standard InChI is InChI=1S/C45H70N8O13/c1-25(2)22-30-18-19-45(63,66-28(30)6)44(7,62)43(61)49-35-36(26(3)4)65-42(60)31(24-54)48-37(55)32-16-12-20-46-51(32)39(57)34(23-29-14-10-9-11-15-29)50(8)38(56)27(5)53(64)40(58)33-17-13-21-47-52(33)41(35)59/h9-11,14-15,25-28,30-36,46-47,54,62-64H,12-13,16-24H2,1-8H3,(H,48,55)(H,49,61)/t27-,28?,30?,31-,32?,33?,34-,35?,36?,44?,45?/m0/s1. The molecule has 0 aliphatic carbocycles. The largest absolute Gasteiger partial charge is 0.458 e. The number of likely N-dealkylation sites (N-methyl/N-ethyl adjacent to an activating group) is 1. The SMILES string of the molecule is CC(C)CC1CCC(O)(C(C)(O)C(=O)NC2C(=O)N3NCCCC3C(=O)N(O)[C@@H](C)C(=O)N(C)[C@@H](Cc3ccccc3)C(=O)N3NCCCC3C(=O)N[C@@H](CO)C(=O)OC2C(C)C)OC1C. The Bertz CT molecular complexity index is 1920. The number of carbonyl (C=O) groups excluding carboxylic acids is 7. The van der Waals surface area contributed by atoms with Crippen molar-refractivity contribution < 1.29 is 63.6 Å². The van der Waals surface area contributed by atoms with E-state index in [2.05, 4.69) is 21.5 Å². The van der Waals surface area contributed by atoms with Gasteiger partial charge in [-0.25, -0.2) is 20.7 Å². The first-order chi connectivity index (χ1) is 31.0. The molecule has 0 bridgehead atoms. The molecule has 8 N–H and O–H groups in total. The molecule has 4 fully saturated rings. The Morgan fingerprint density at radius 3 is 2.09 bits per heavy atom. The number of hydrogen-bond donors (Lipinski definition) is 8. The highest BCUT2D eigenvalue weighted by Gasteiger charge is 2.57. The molecular weight excluding hydrogens is 861 g/mol. The van der Waals surface area contributed by atoms with Gasteiger partial charge in [0.05, 0.1) is 12.7 Å². The summed E-state index contributed by atoms with van der Waals surface area (Å²) in [5.74, 6) is -10.1. The molecule has 8 unspecified atom stereocenters. The molecule has 0 saturated carbocycles. The highest BCUT2D eigenvalue weighted by atomic mass is 16.6. The molecule has 368 valence electrons. The molecular formula is C45H70N8O13. The predicted molar refractivity (Wildman–Crippen MR) is 235 cm³/mol. The summed E-state index contributed by atoms with van der Waals surface area (Å²) >= 11 is 0. The summed E-state index contributed by atoms with van der Waals surface area (Å²) in [7, 11) is 1.33. The number of aliphatic hydroxyl groups is 3. The Morgan fingerprint density at radius 2 is 1.52 bits per heavy atom. The van der Waals surface area contributed by atoms with Gasteiger partial charge in [0.25, 0.3) is 23.6 Å². The van der Waals surface area contributed by atoms with Crippen molar-refractivity contribution in [1.82, 2.24) is 41.5 Å². The molecule has 4 aliphatic heterocycles. The van der Waals surface area contributed by atoms with E-state index in [0.717, 1.165) is 28.3 Å². The summed E-state index contributed by atoms with van der Waals surface area (Å²) in [6.45, 7) is 10.6. The fraction of sp³-hybridized carbons (Fsp3) is 0.711. The van der Waals surface area contributed by atoms with Gasteiger partial charge in [0.1, 0.15) is 36.3 Å². The van der Waals surface area contributed by atoms with E-state index >= 15 is 4.79 Å². The minimum Gasteiger partial charge on any atom is -0.458 e. The van der Waals surface area contributed by atoms with Gasteiger partial charge in [0.15, 0.2) is 11.6 Å². The van der Waals surface area contributed by atoms with Crippen molar-refractivity contribution in [2.24, 2.45) is 17.8 Å². The van der Waals surface area contributed by atoms with E-state index in [1.165, 1.54) is 14.0 Å². The molecule has 1 aromatic carbocycles. The summed E-state index contributed by atoms with van der Waals surface area (Å²) in [5.41, 5.74) is 3.71. The Hall–Kier alpha value is -4.77. The fourth-order valence-corrected chi connectivity index (χ4v) is 9.20. The Labute approximate surface area is 385 Å². The molecule has 4 saturated heterocycles. The summed E-state index contributed by atoms with van der Waals surface area (Å²) in [4.78, 5) is 102. The van der Waals surface area contributed by atoms with Crippen LogP contribution in [0.4, 0.5) is 0 Å². The third-order valence-electron chi connectivity index (χ3n) is 13.3. The maximum absolute atomic E-state index is 15.0. The number of hydroxylamine groups is 2. The van der Waals surface area contributed by atoms with Gasteiger partial charge < -0.3 is 40.3 Å². The number of nitrogens with zero attached hydrogens (tertiary/aromatic N) is 4. The van der Waals surface area contributed by atoms with Gasteiger partial charge in [0.2, 0.25) is 17.6 Å². The topological polar surface area (TPSA) is 280 Å². The predicted octanol–water partition coefficient (Wildman–Crippen LogP) is -0.502. The normalized spacial score (nSPS) is 32.4. The van der Waals surface area contributed by atoms with Gasteiger partial charge in [-0.05, 0) is 82.6 Å². The number of carbonyl (C=O) groups is 7. The number of rotatable bonds is 9. The number of amides is 6. The Balaban J connectivity index is 1.58. The third kappa shape index (κ3) is 11.3. The number of fused-ring (bicyclic) bond motifs is 2. The lowest BCUT2D eigenvalue weighted by Crippen LogP contribution is -2.70. The van der Waals surface area contributed by atoms with Gasteiger partial charge in [-0.1, -0.05) is 58.0 Å². The van der Waals surface area contributed by atoms with Crippen LogP contribution < -0.4 is 21.5 Å². The van der Waals surface area contributed by atoms with Crippen LogP contribution in [0.25, 0.3) is 0 Å². The van der Waals surface area contributed by atoms with E-state index in [4.69, 9.17) is 9.47 Å². The minimum absolute atomic E-state index is 0.0133. The zero-order valence-electron chi connectivity index (χ0n) is 39.3. The van der Waals surface area contributed by atoms with Crippen LogP contribution in [-0.2, 0) is 49.5 Å². The smallest absolute Gasteiger partial charge is 0.331 e. The van der Waals surface area contributed by atoms with Crippen molar-refractivity contribution in [2.75, 3.05) is 26.7 Å². The second-order valence-electron chi connectivity index (χ2n) is 19.0. The molecule has 66 heavy (non-hydrogen) atoms. The maximum atomic E-state index is 15.0. The summed E-state index contributed by atoms with van der Waals surface area (Å²) in [6.07, 6.45) is -0.464. The second kappa shape index (κ2) is 21.9. The second-order valence-corrected chi connectivity index (χ2v) is 19.0. The molecule has 21 heteroatoms.